The van der Waals surface area contributed by atoms with Crippen LogP contribution in [0.3, 0.4) is 0 Å². The molecule has 4 rings (SSSR count). The van der Waals surface area contributed by atoms with Crippen molar-refractivity contribution in [3.05, 3.63) is 12.7 Å². The van der Waals surface area contributed by atoms with Crippen molar-refractivity contribution < 1.29 is 53.9 Å². The number of anilines is 1. The highest BCUT2D eigenvalue weighted by Gasteiger charge is 2.74. The van der Waals surface area contributed by atoms with Gasteiger partial charge in [0.05, 0.1) is 19.5 Å². The van der Waals surface area contributed by atoms with E-state index < -0.39 is 69.0 Å². The summed E-state index contributed by atoms with van der Waals surface area (Å²) < 4.78 is 29.7. The highest BCUT2D eigenvalue weighted by Crippen LogP contribution is 2.57. The Morgan fingerprint density at radius 2 is 1.82 bits per heavy atom. The van der Waals surface area contributed by atoms with Crippen LogP contribution in [0.4, 0.5) is 5.82 Å². The molecule has 2 aromatic heterocycles. The quantitative estimate of drug-likeness (QED) is 0.179. The van der Waals surface area contributed by atoms with E-state index in [1.54, 1.807) is 0 Å². The van der Waals surface area contributed by atoms with Gasteiger partial charge in [-0.3, -0.25) is 9.09 Å². The van der Waals surface area contributed by atoms with Crippen molar-refractivity contribution in [2.24, 2.45) is 0 Å². The molecule has 0 radical (unpaired) electrons. The molecule has 9 N–H and O–H groups in total. The minimum atomic E-state index is -5.37. The van der Waals surface area contributed by atoms with E-state index in [0.29, 0.717) is 0 Å². The summed E-state index contributed by atoms with van der Waals surface area (Å²) in [6.07, 6.45) is -7.77. The second kappa shape index (κ2) is 8.14. The Morgan fingerprint density at radius 3 is 2.39 bits per heavy atom. The summed E-state index contributed by atoms with van der Waals surface area (Å²) in [6, 6.07) is 0. The van der Waals surface area contributed by atoms with E-state index in [1.165, 1.54) is 0 Å². The molecule has 2 aromatic rings. The van der Waals surface area contributed by atoms with Crippen LogP contribution in [0.5, 0.6) is 0 Å². The third kappa shape index (κ3) is 3.46. The highest BCUT2D eigenvalue weighted by atomic mass is 31.2. The third-order valence-electron chi connectivity index (χ3n) is 6.09. The van der Waals surface area contributed by atoms with Gasteiger partial charge in [-0.05, 0) is 6.92 Å². The molecule has 16 nitrogen and oxygen atoms in total. The first-order valence-electron chi connectivity index (χ1n) is 9.70. The van der Waals surface area contributed by atoms with Gasteiger partial charge >= 0.3 is 7.82 Å². The first-order valence-corrected chi connectivity index (χ1v) is 11.2. The van der Waals surface area contributed by atoms with Crippen molar-refractivity contribution in [3.8, 4) is 0 Å². The number of nitrogen functional groups attached to an aromatic ring is 1. The fraction of sp³-hybridized carbons (Fsp3) is 0.688. The molecule has 2 aliphatic heterocycles. The van der Waals surface area contributed by atoms with Crippen LogP contribution >= 0.6 is 7.82 Å². The van der Waals surface area contributed by atoms with Crippen molar-refractivity contribution in [1.29, 1.82) is 0 Å². The SMILES string of the molecule is C[C@@]1(OP(=O)(O)O)[C@H](O)[C@@H](CO)O[C@@]1(C1O[C@H](CO)[C@H](O)[C@H]1O)n1cnc2c(N)ncnc21. The van der Waals surface area contributed by atoms with E-state index in [2.05, 4.69) is 15.0 Å². The van der Waals surface area contributed by atoms with Crippen molar-refractivity contribution in [2.45, 2.75) is 54.9 Å². The molecule has 0 saturated carbocycles. The third-order valence-corrected chi connectivity index (χ3v) is 6.71. The molecule has 0 spiro atoms. The van der Waals surface area contributed by atoms with Crippen LogP contribution in [0.2, 0.25) is 0 Å². The molecule has 0 aliphatic carbocycles. The molecule has 2 saturated heterocycles. The monoisotopic (exact) mass is 493 g/mol. The first-order chi connectivity index (χ1) is 15.4. The summed E-state index contributed by atoms with van der Waals surface area (Å²) in [5.41, 5.74) is 0.969. The highest BCUT2D eigenvalue weighted by molar-refractivity contribution is 7.46. The van der Waals surface area contributed by atoms with E-state index in [4.69, 9.17) is 19.7 Å². The van der Waals surface area contributed by atoms with Gasteiger partial charge < -0.3 is 50.5 Å². The summed E-state index contributed by atoms with van der Waals surface area (Å²) in [7, 11) is -5.37. The number of aromatic nitrogens is 4. The van der Waals surface area contributed by atoms with Gasteiger partial charge in [-0.1, -0.05) is 0 Å². The molecule has 0 bridgehead atoms. The fourth-order valence-corrected chi connectivity index (χ4v) is 5.32. The van der Waals surface area contributed by atoms with Gasteiger partial charge in [0.1, 0.15) is 48.5 Å². The largest absolute Gasteiger partial charge is 0.470 e. The maximum Gasteiger partial charge on any atom is 0.470 e. The van der Waals surface area contributed by atoms with E-state index in [0.717, 1.165) is 24.1 Å². The van der Waals surface area contributed by atoms with Gasteiger partial charge in [0.25, 0.3) is 0 Å². The maximum absolute atomic E-state index is 12.0. The lowest BCUT2D eigenvalue weighted by Gasteiger charge is -2.46. The zero-order chi connectivity index (χ0) is 24.3. The van der Waals surface area contributed by atoms with Gasteiger partial charge in [0, 0.05) is 0 Å². The number of hydrogen-bond donors (Lipinski definition) is 8. The van der Waals surface area contributed by atoms with E-state index in [1.807, 2.05) is 0 Å². The first kappa shape index (κ1) is 24.3. The van der Waals surface area contributed by atoms with Crippen LogP contribution in [-0.2, 0) is 24.3 Å². The number of aliphatic hydroxyl groups excluding tert-OH is 5. The van der Waals surface area contributed by atoms with Crippen LogP contribution in [0.1, 0.15) is 6.92 Å². The number of fused-ring (bicyclic) bond motifs is 1. The second-order valence-corrected chi connectivity index (χ2v) is 9.14. The maximum atomic E-state index is 12.0. The summed E-state index contributed by atoms with van der Waals surface area (Å²) in [6.45, 7) is -0.494. The molecule has 33 heavy (non-hydrogen) atoms. The van der Waals surface area contributed by atoms with Gasteiger partial charge in [-0.25, -0.2) is 19.5 Å². The Morgan fingerprint density at radius 1 is 1.15 bits per heavy atom. The Bertz CT molecular complexity index is 1080. The van der Waals surface area contributed by atoms with Crippen molar-refractivity contribution in [2.75, 3.05) is 18.9 Å². The van der Waals surface area contributed by atoms with Crippen LogP contribution in [-0.4, -0.2) is 110 Å². The van der Waals surface area contributed by atoms with E-state index >= 15 is 0 Å². The summed E-state index contributed by atoms with van der Waals surface area (Å²) in [5.74, 6) is -0.0649. The molecule has 2 aliphatic rings. The molecular weight excluding hydrogens is 469 g/mol. The fourth-order valence-electron chi connectivity index (χ4n) is 4.58. The average Bonchev–Trinajstić information content (AvgIpc) is 3.36. The average molecular weight is 493 g/mol. The molecule has 0 aromatic carbocycles. The number of hydrogen-bond acceptors (Lipinski definition) is 13. The predicted molar refractivity (Wildman–Crippen MR) is 105 cm³/mol. The number of ether oxygens (including phenoxy) is 2. The lowest BCUT2D eigenvalue weighted by molar-refractivity contribution is -0.255. The Hall–Kier alpha value is -1.82. The normalized spacial score (nSPS) is 39.5. The van der Waals surface area contributed by atoms with Crippen LogP contribution in [0.15, 0.2) is 12.7 Å². The number of imidazole rings is 1. The second-order valence-electron chi connectivity index (χ2n) is 7.97. The number of aliphatic hydroxyl groups is 5. The zero-order valence-electron chi connectivity index (χ0n) is 17.1. The topological polar surface area (TPSA) is 256 Å². The summed E-state index contributed by atoms with van der Waals surface area (Å²) >= 11 is 0. The standard InChI is InChI=1S/C16H24N5O11P/c1-15(32-33(27,28)29)11(26)7(3-23)31-16(15,12-10(25)9(24)6(2-22)30-12)21-5-20-8-13(17)18-4-19-14(8)21/h4-7,9-12,22-26H,2-3H2,1H3,(H2,17,18,19)(H2,27,28,29)/t6-,7-,9+,10-,11-,12?,15-,16-/m1/s1. The molecule has 0 amide bonds. The number of phosphoric ester groups is 1. The Kier molecular flexibility index (Phi) is 6.00. The molecule has 8 atom stereocenters. The number of phosphoric acid groups is 1. The predicted octanol–water partition coefficient (Wildman–Crippen LogP) is -3.84. The smallest absolute Gasteiger partial charge is 0.394 e. The van der Waals surface area contributed by atoms with Gasteiger partial charge in [0.15, 0.2) is 17.1 Å². The summed E-state index contributed by atoms with van der Waals surface area (Å²) in [5, 5.41) is 51.6. The van der Waals surface area contributed by atoms with Crippen LogP contribution < -0.4 is 5.73 Å². The van der Waals surface area contributed by atoms with E-state index in [-0.39, 0.29) is 17.0 Å². The minimum Gasteiger partial charge on any atom is -0.394 e. The summed E-state index contributed by atoms with van der Waals surface area (Å²) in [4.78, 5) is 31.3. The van der Waals surface area contributed by atoms with Crippen molar-refractivity contribution in [1.82, 2.24) is 19.5 Å². The number of rotatable bonds is 6. The van der Waals surface area contributed by atoms with Crippen molar-refractivity contribution >= 4 is 24.8 Å². The van der Waals surface area contributed by atoms with Gasteiger partial charge in [-0.2, -0.15) is 0 Å². The molecule has 4 heterocycles. The molecule has 17 heteroatoms. The van der Waals surface area contributed by atoms with Crippen molar-refractivity contribution in [3.63, 3.8) is 0 Å². The molecular formula is C16H24N5O11P. The number of nitrogens with zero attached hydrogens (tertiary/aromatic N) is 4. The Labute approximate surface area is 185 Å². The van der Waals surface area contributed by atoms with Crippen LogP contribution in [0.25, 0.3) is 11.2 Å². The minimum absolute atomic E-state index is 0.0349. The molecule has 1 unspecified atom stereocenters. The zero-order valence-corrected chi connectivity index (χ0v) is 18.0. The number of nitrogens with two attached hydrogens (primary N) is 1. The van der Waals surface area contributed by atoms with Crippen LogP contribution in [0, 0.1) is 0 Å². The van der Waals surface area contributed by atoms with E-state index in [9.17, 15) is 39.9 Å². The van der Waals surface area contributed by atoms with Gasteiger partial charge in [-0.15, -0.1) is 0 Å². The lowest BCUT2D eigenvalue weighted by Crippen LogP contribution is -2.65. The molecule has 2 fully saturated rings. The van der Waals surface area contributed by atoms with Gasteiger partial charge in [0.2, 0.25) is 5.72 Å². The molecule has 184 valence electrons. The Balaban J connectivity index is 2.04. The lowest BCUT2D eigenvalue weighted by atomic mass is 9.81.